The molecule has 0 bridgehead atoms. The van der Waals surface area contributed by atoms with Crippen molar-refractivity contribution in [3.8, 4) is 5.75 Å². The first-order valence-corrected chi connectivity index (χ1v) is 11.9. The minimum atomic E-state index is -0.310. The third kappa shape index (κ3) is 6.14. The van der Waals surface area contributed by atoms with Crippen LogP contribution in [0.3, 0.4) is 0 Å². The maximum Gasteiger partial charge on any atom is 0.342 e. The van der Waals surface area contributed by atoms with Gasteiger partial charge in [0.25, 0.3) is 0 Å². The molecule has 1 aliphatic heterocycles. The number of benzene rings is 2. The molecular weight excluding hydrogens is 426 g/mol. The SMILES string of the molecule is COc1ccc(Cc2ccc(CN3CCN(c4ncccc4C(=O)OC(C)C)CC3)cc2)cc1. The molecule has 1 saturated heterocycles. The number of rotatable bonds is 8. The van der Waals surface area contributed by atoms with Crippen LogP contribution in [0.1, 0.15) is 40.9 Å². The van der Waals surface area contributed by atoms with Gasteiger partial charge in [-0.1, -0.05) is 36.4 Å². The van der Waals surface area contributed by atoms with Crippen LogP contribution in [0.25, 0.3) is 0 Å². The van der Waals surface area contributed by atoms with Gasteiger partial charge in [0.2, 0.25) is 0 Å². The molecule has 1 aliphatic rings. The van der Waals surface area contributed by atoms with Crippen molar-refractivity contribution in [2.75, 3.05) is 38.2 Å². The van der Waals surface area contributed by atoms with E-state index in [0.29, 0.717) is 5.56 Å². The number of hydrogen-bond acceptors (Lipinski definition) is 6. The van der Waals surface area contributed by atoms with E-state index in [0.717, 1.165) is 50.7 Å². The molecule has 3 aromatic rings. The Morgan fingerprint density at radius 1 is 0.912 bits per heavy atom. The summed E-state index contributed by atoms with van der Waals surface area (Å²) in [6.07, 6.45) is 2.50. The van der Waals surface area contributed by atoms with Gasteiger partial charge in [-0.05, 0) is 61.2 Å². The Morgan fingerprint density at radius 3 is 2.15 bits per heavy atom. The lowest BCUT2D eigenvalue weighted by molar-refractivity contribution is 0.0378. The number of carbonyl (C=O) groups is 1. The van der Waals surface area contributed by atoms with E-state index in [1.165, 1.54) is 16.7 Å². The van der Waals surface area contributed by atoms with E-state index in [2.05, 4.69) is 51.2 Å². The van der Waals surface area contributed by atoms with Gasteiger partial charge < -0.3 is 14.4 Å². The van der Waals surface area contributed by atoms with Crippen LogP contribution in [0.15, 0.2) is 66.9 Å². The largest absolute Gasteiger partial charge is 0.497 e. The molecule has 2 aromatic carbocycles. The fourth-order valence-electron chi connectivity index (χ4n) is 4.20. The summed E-state index contributed by atoms with van der Waals surface area (Å²) < 4.78 is 10.6. The number of nitrogens with zero attached hydrogens (tertiary/aromatic N) is 3. The topological polar surface area (TPSA) is 54.9 Å². The fourth-order valence-corrected chi connectivity index (χ4v) is 4.20. The van der Waals surface area contributed by atoms with Crippen LogP contribution < -0.4 is 9.64 Å². The Bertz CT molecular complexity index is 1070. The summed E-state index contributed by atoms with van der Waals surface area (Å²) in [6.45, 7) is 8.13. The second-order valence-electron chi connectivity index (χ2n) is 8.93. The van der Waals surface area contributed by atoms with Gasteiger partial charge in [0.15, 0.2) is 0 Å². The molecule has 0 unspecified atom stereocenters. The molecule has 1 fully saturated rings. The molecule has 0 aliphatic carbocycles. The Kier molecular flexibility index (Phi) is 7.80. The smallest absolute Gasteiger partial charge is 0.342 e. The number of methoxy groups -OCH3 is 1. The monoisotopic (exact) mass is 459 g/mol. The second-order valence-corrected chi connectivity index (χ2v) is 8.93. The molecule has 0 N–H and O–H groups in total. The van der Waals surface area contributed by atoms with Crippen LogP contribution in [0.4, 0.5) is 5.82 Å². The van der Waals surface area contributed by atoms with Crippen LogP contribution in [0.2, 0.25) is 0 Å². The number of aromatic nitrogens is 1. The maximum atomic E-state index is 12.5. The summed E-state index contributed by atoms with van der Waals surface area (Å²) in [5, 5.41) is 0. The second kappa shape index (κ2) is 11.2. The normalized spacial score (nSPS) is 14.3. The Morgan fingerprint density at radius 2 is 1.53 bits per heavy atom. The van der Waals surface area contributed by atoms with Gasteiger partial charge in [-0.25, -0.2) is 9.78 Å². The average molecular weight is 460 g/mol. The first kappa shape index (κ1) is 23.8. The van der Waals surface area contributed by atoms with Crippen molar-refractivity contribution in [2.24, 2.45) is 0 Å². The third-order valence-corrected chi connectivity index (χ3v) is 6.02. The fraction of sp³-hybridized carbons (Fsp3) is 0.357. The van der Waals surface area contributed by atoms with Gasteiger partial charge in [0.05, 0.1) is 13.2 Å². The maximum absolute atomic E-state index is 12.5. The minimum absolute atomic E-state index is 0.153. The number of ether oxygens (including phenoxy) is 2. The first-order chi connectivity index (χ1) is 16.5. The third-order valence-electron chi connectivity index (χ3n) is 6.02. The van der Waals surface area contributed by atoms with Crippen molar-refractivity contribution in [3.05, 3.63) is 89.1 Å². The molecule has 178 valence electrons. The van der Waals surface area contributed by atoms with Gasteiger partial charge in [0, 0.05) is 38.9 Å². The molecule has 0 saturated carbocycles. The van der Waals surface area contributed by atoms with E-state index >= 15 is 0 Å². The molecule has 1 aromatic heterocycles. The summed E-state index contributed by atoms with van der Waals surface area (Å²) >= 11 is 0. The van der Waals surface area contributed by atoms with Crippen LogP contribution >= 0.6 is 0 Å². The molecule has 2 heterocycles. The van der Waals surface area contributed by atoms with Crippen LogP contribution in [0.5, 0.6) is 5.75 Å². The predicted molar refractivity (Wildman–Crippen MR) is 135 cm³/mol. The Hall–Kier alpha value is -3.38. The molecule has 34 heavy (non-hydrogen) atoms. The highest BCUT2D eigenvalue weighted by atomic mass is 16.5. The van der Waals surface area contributed by atoms with E-state index in [4.69, 9.17) is 9.47 Å². The lowest BCUT2D eigenvalue weighted by atomic mass is 10.0. The molecular formula is C28H33N3O3. The number of anilines is 1. The van der Waals surface area contributed by atoms with Crippen LogP contribution in [-0.2, 0) is 17.7 Å². The van der Waals surface area contributed by atoms with Gasteiger partial charge in [-0.2, -0.15) is 0 Å². The van der Waals surface area contributed by atoms with E-state index in [-0.39, 0.29) is 12.1 Å². The molecule has 0 amide bonds. The van der Waals surface area contributed by atoms with Crippen LogP contribution in [-0.4, -0.2) is 55.2 Å². The van der Waals surface area contributed by atoms with Crippen molar-refractivity contribution in [2.45, 2.75) is 32.9 Å². The van der Waals surface area contributed by atoms with Gasteiger partial charge in [-0.3, -0.25) is 4.90 Å². The van der Waals surface area contributed by atoms with E-state index < -0.39 is 0 Å². The molecule has 6 heteroatoms. The zero-order valence-electron chi connectivity index (χ0n) is 20.2. The van der Waals surface area contributed by atoms with Gasteiger partial charge in [-0.15, -0.1) is 0 Å². The summed E-state index contributed by atoms with van der Waals surface area (Å²) in [6, 6.07) is 20.7. The van der Waals surface area contributed by atoms with Crippen molar-refractivity contribution in [1.29, 1.82) is 0 Å². The molecule has 6 nitrogen and oxygen atoms in total. The summed E-state index contributed by atoms with van der Waals surface area (Å²) in [5.41, 5.74) is 4.42. The summed E-state index contributed by atoms with van der Waals surface area (Å²) in [5.74, 6) is 1.29. The summed E-state index contributed by atoms with van der Waals surface area (Å²) in [4.78, 5) is 21.6. The molecule has 0 atom stereocenters. The van der Waals surface area contributed by atoms with Crippen molar-refractivity contribution in [3.63, 3.8) is 0 Å². The highest BCUT2D eigenvalue weighted by Crippen LogP contribution is 2.21. The summed E-state index contributed by atoms with van der Waals surface area (Å²) in [7, 11) is 1.69. The number of esters is 1. The Balaban J connectivity index is 1.31. The molecule has 0 spiro atoms. The highest BCUT2D eigenvalue weighted by Gasteiger charge is 2.23. The van der Waals surface area contributed by atoms with Crippen molar-refractivity contribution >= 4 is 11.8 Å². The highest BCUT2D eigenvalue weighted by molar-refractivity contribution is 5.94. The van der Waals surface area contributed by atoms with Crippen molar-refractivity contribution in [1.82, 2.24) is 9.88 Å². The van der Waals surface area contributed by atoms with E-state index in [1.54, 1.807) is 25.4 Å². The number of hydrogen-bond donors (Lipinski definition) is 0. The Labute approximate surface area is 202 Å². The van der Waals surface area contributed by atoms with Gasteiger partial charge in [0.1, 0.15) is 17.1 Å². The number of piperazine rings is 1. The van der Waals surface area contributed by atoms with E-state index in [9.17, 15) is 4.79 Å². The molecule has 0 radical (unpaired) electrons. The standard InChI is InChI=1S/C28H33N3O3/c1-21(2)34-28(32)26-5-4-14-29-27(26)31-17-15-30(16-18-31)20-24-8-6-22(7-9-24)19-23-10-12-25(33-3)13-11-23/h4-14,21H,15-20H2,1-3H3. The lowest BCUT2D eigenvalue weighted by Crippen LogP contribution is -2.46. The quantitative estimate of drug-likeness (QED) is 0.460. The van der Waals surface area contributed by atoms with Crippen LogP contribution in [0, 0.1) is 0 Å². The minimum Gasteiger partial charge on any atom is -0.497 e. The molecule has 4 rings (SSSR count). The first-order valence-electron chi connectivity index (χ1n) is 11.9. The number of pyridine rings is 1. The lowest BCUT2D eigenvalue weighted by Gasteiger charge is -2.36. The van der Waals surface area contributed by atoms with E-state index in [1.807, 2.05) is 26.0 Å². The zero-order chi connectivity index (χ0) is 23.9. The average Bonchev–Trinajstić information content (AvgIpc) is 2.86. The van der Waals surface area contributed by atoms with Crippen molar-refractivity contribution < 1.29 is 14.3 Å². The number of carbonyl (C=O) groups excluding carboxylic acids is 1. The predicted octanol–water partition coefficient (Wildman–Crippen LogP) is 4.57. The van der Waals surface area contributed by atoms with Gasteiger partial charge >= 0.3 is 5.97 Å². The zero-order valence-corrected chi connectivity index (χ0v) is 20.2.